The van der Waals surface area contributed by atoms with E-state index in [0.717, 1.165) is 25.1 Å². The van der Waals surface area contributed by atoms with Gasteiger partial charge in [0.25, 0.3) is 0 Å². The molecule has 1 atom stereocenters. The lowest BCUT2D eigenvalue weighted by Gasteiger charge is -2.09. The van der Waals surface area contributed by atoms with Crippen molar-refractivity contribution < 1.29 is 5.11 Å². The first kappa shape index (κ1) is 10.4. The van der Waals surface area contributed by atoms with Gasteiger partial charge in [-0.05, 0) is 24.6 Å². The minimum Gasteiger partial charge on any atom is -0.508 e. The Balaban J connectivity index is 0.000000845. The zero-order chi connectivity index (χ0) is 8.39. The Morgan fingerprint density at radius 3 is 2.69 bits per heavy atom. The quantitative estimate of drug-likeness (QED) is 0.724. The summed E-state index contributed by atoms with van der Waals surface area (Å²) in [5, 5.41) is 12.8. The average Bonchev–Trinajstić information content (AvgIpc) is 2.57. The first-order valence-corrected chi connectivity index (χ1v) is 4.36. The van der Waals surface area contributed by atoms with E-state index in [1.807, 2.05) is 18.2 Å². The maximum Gasteiger partial charge on any atom is 0.119 e. The van der Waals surface area contributed by atoms with Crippen LogP contribution in [0.1, 0.15) is 17.9 Å². The molecular formula is C10H14ClNO. The molecule has 1 aliphatic heterocycles. The first-order chi connectivity index (χ1) is 5.88. The fourth-order valence-electron chi connectivity index (χ4n) is 1.75. The van der Waals surface area contributed by atoms with Crippen LogP contribution in [0.25, 0.3) is 0 Å². The van der Waals surface area contributed by atoms with Gasteiger partial charge >= 0.3 is 0 Å². The second-order valence-corrected chi connectivity index (χ2v) is 3.25. The van der Waals surface area contributed by atoms with Crippen LogP contribution in [0.15, 0.2) is 24.3 Å². The lowest BCUT2D eigenvalue weighted by Crippen LogP contribution is -2.07. The molecule has 1 aromatic carbocycles. The lowest BCUT2D eigenvalue weighted by molar-refractivity contribution is 0.463. The fraction of sp³-hybridized carbons (Fsp3) is 0.400. The monoisotopic (exact) mass is 199 g/mol. The van der Waals surface area contributed by atoms with Gasteiger partial charge in [-0.3, -0.25) is 0 Å². The van der Waals surface area contributed by atoms with E-state index in [1.165, 1.54) is 0 Å². The molecule has 3 heteroatoms. The number of hydrogen-bond donors (Lipinski definition) is 2. The third-order valence-corrected chi connectivity index (χ3v) is 2.44. The highest BCUT2D eigenvalue weighted by Crippen LogP contribution is 2.29. The van der Waals surface area contributed by atoms with Gasteiger partial charge in [-0.15, -0.1) is 12.4 Å². The minimum absolute atomic E-state index is 0. The number of benzene rings is 1. The molecular weight excluding hydrogens is 186 g/mol. The Morgan fingerprint density at radius 1 is 1.31 bits per heavy atom. The maximum atomic E-state index is 9.54. The maximum absolute atomic E-state index is 9.54. The number of phenolic OH excluding ortho intramolecular Hbond substituents is 1. The Labute approximate surface area is 84.4 Å². The summed E-state index contributed by atoms with van der Waals surface area (Å²) >= 11 is 0. The molecule has 1 aliphatic rings. The van der Waals surface area contributed by atoms with E-state index in [-0.39, 0.29) is 12.4 Å². The number of rotatable bonds is 1. The van der Waals surface area contributed by atoms with Crippen LogP contribution in [0.2, 0.25) is 0 Å². The van der Waals surface area contributed by atoms with Crippen LogP contribution in [0.5, 0.6) is 5.75 Å². The number of hydrogen-bond acceptors (Lipinski definition) is 2. The molecule has 0 saturated carbocycles. The molecule has 1 saturated heterocycles. The highest BCUT2D eigenvalue weighted by Gasteiger charge is 2.18. The topological polar surface area (TPSA) is 32.3 Å². The second-order valence-electron chi connectivity index (χ2n) is 3.25. The highest BCUT2D eigenvalue weighted by molar-refractivity contribution is 5.85. The molecule has 2 N–H and O–H groups in total. The van der Waals surface area contributed by atoms with Crippen LogP contribution in [-0.2, 0) is 0 Å². The summed E-state index contributed by atoms with van der Waals surface area (Å²) in [4.78, 5) is 0. The van der Waals surface area contributed by atoms with E-state index in [4.69, 9.17) is 0 Å². The molecule has 0 aliphatic carbocycles. The summed E-state index contributed by atoms with van der Waals surface area (Å²) in [6, 6.07) is 7.61. The Morgan fingerprint density at radius 2 is 2.08 bits per heavy atom. The van der Waals surface area contributed by atoms with Crippen molar-refractivity contribution in [1.29, 1.82) is 0 Å². The summed E-state index contributed by atoms with van der Waals surface area (Å²) in [6.45, 7) is 2.07. The van der Waals surface area contributed by atoms with Gasteiger partial charge in [0.15, 0.2) is 0 Å². The molecule has 0 bridgehead atoms. The number of nitrogens with one attached hydrogen (secondary N) is 1. The second kappa shape index (κ2) is 4.49. The van der Waals surface area contributed by atoms with Gasteiger partial charge in [0, 0.05) is 12.5 Å². The van der Waals surface area contributed by atoms with Gasteiger partial charge in [-0.1, -0.05) is 18.2 Å². The van der Waals surface area contributed by atoms with Gasteiger partial charge < -0.3 is 10.4 Å². The van der Waals surface area contributed by atoms with E-state index >= 15 is 0 Å². The Kier molecular flexibility index (Phi) is 3.58. The zero-order valence-electron chi connectivity index (χ0n) is 7.36. The summed E-state index contributed by atoms with van der Waals surface area (Å²) in [7, 11) is 0. The van der Waals surface area contributed by atoms with Crippen molar-refractivity contribution in [2.45, 2.75) is 12.3 Å². The summed E-state index contributed by atoms with van der Waals surface area (Å²) in [5.41, 5.74) is 1.09. The van der Waals surface area contributed by atoms with Crippen LogP contribution < -0.4 is 5.32 Å². The van der Waals surface area contributed by atoms with Crippen molar-refractivity contribution in [2.24, 2.45) is 0 Å². The van der Waals surface area contributed by atoms with Crippen LogP contribution in [-0.4, -0.2) is 18.2 Å². The number of aromatic hydroxyl groups is 1. The third kappa shape index (κ3) is 2.14. The first-order valence-electron chi connectivity index (χ1n) is 4.36. The average molecular weight is 200 g/mol. The van der Waals surface area contributed by atoms with Crippen molar-refractivity contribution in [3.8, 4) is 5.75 Å². The summed E-state index contributed by atoms with van der Waals surface area (Å²) < 4.78 is 0. The number of para-hydroxylation sites is 1. The molecule has 0 radical (unpaired) electrons. The van der Waals surface area contributed by atoms with Crippen LogP contribution in [0, 0.1) is 0 Å². The molecule has 2 rings (SSSR count). The van der Waals surface area contributed by atoms with E-state index in [1.54, 1.807) is 6.07 Å². The summed E-state index contributed by atoms with van der Waals surface area (Å²) in [6.07, 6.45) is 1.14. The number of phenols is 1. The summed E-state index contributed by atoms with van der Waals surface area (Å²) in [5.74, 6) is 0.942. The van der Waals surface area contributed by atoms with E-state index in [2.05, 4.69) is 5.32 Å². The van der Waals surface area contributed by atoms with E-state index < -0.39 is 0 Å². The van der Waals surface area contributed by atoms with Gasteiger partial charge in [0.2, 0.25) is 0 Å². The van der Waals surface area contributed by atoms with E-state index in [0.29, 0.717) is 11.7 Å². The fourth-order valence-corrected chi connectivity index (χ4v) is 1.75. The van der Waals surface area contributed by atoms with Crippen molar-refractivity contribution in [2.75, 3.05) is 13.1 Å². The minimum atomic E-state index is 0. The molecule has 0 amide bonds. The molecule has 1 unspecified atom stereocenters. The SMILES string of the molecule is Cl.Oc1ccccc1C1CCNC1. The van der Waals surface area contributed by atoms with Crippen molar-refractivity contribution >= 4 is 12.4 Å². The predicted molar refractivity (Wildman–Crippen MR) is 55.6 cm³/mol. The highest BCUT2D eigenvalue weighted by atomic mass is 35.5. The molecule has 0 aromatic heterocycles. The van der Waals surface area contributed by atoms with Crippen molar-refractivity contribution in [1.82, 2.24) is 5.32 Å². The predicted octanol–water partition coefficient (Wildman–Crippen LogP) is 1.89. The molecule has 13 heavy (non-hydrogen) atoms. The normalized spacial score (nSPS) is 21.1. The van der Waals surface area contributed by atoms with Crippen LogP contribution in [0.3, 0.4) is 0 Å². The Hall–Kier alpha value is -0.730. The standard InChI is InChI=1S/C10H13NO.ClH/c12-10-4-2-1-3-9(10)8-5-6-11-7-8;/h1-4,8,11-12H,5-7H2;1H. The van der Waals surface area contributed by atoms with Crippen LogP contribution >= 0.6 is 12.4 Å². The molecule has 72 valence electrons. The van der Waals surface area contributed by atoms with Gasteiger partial charge in [0.1, 0.15) is 5.75 Å². The van der Waals surface area contributed by atoms with Crippen molar-refractivity contribution in [3.63, 3.8) is 0 Å². The Bertz CT molecular complexity index is 271. The number of halogens is 1. The van der Waals surface area contributed by atoms with Gasteiger partial charge in [0.05, 0.1) is 0 Å². The smallest absolute Gasteiger partial charge is 0.119 e. The molecule has 1 aromatic rings. The lowest BCUT2D eigenvalue weighted by atomic mass is 9.98. The van der Waals surface area contributed by atoms with Gasteiger partial charge in [-0.2, -0.15) is 0 Å². The molecule has 0 spiro atoms. The third-order valence-electron chi connectivity index (χ3n) is 2.44. The molecule has 2 nitrogen and oxygen atoms in total. The van der Waals surface area contributed by atoms with Crippen LogP contribution in [0.4, 0.5) is 0 Å². The largest absolute Gasteiger partial charge is 0.508 e. The molecule has 1 fully saturated rings. The van der Waals surface area contributed by atoms with E-state index in [9.17, 15) is 5.11 Å². The zero-order valence-corrected chi connectivity index (χ0v) is 8.18. The van der Waals surface area contributed by atoms with Crippen molar-refractivity contribution in [3.05, 3.63) is 29.8 Å². The van der Waals surface area contributed by atoms with Gasteiger partial charge in [-0.25, -0.2) is 0 Å². The molecule has 1 heterocycles.